The van der Waals surface area contributed by atoms with Gasteiger partial charge >= 0.3 is 0 Å². The summed E-state index contributed by atoms with van der Waals surface area (Å²) in [4.78, 5) is 11.2. The summed E-state index contributed by atoms with van der Waals surface area (Å²) in [6, 6.07) is 1.84. The first-order valence-corrected chi connectivity index (χ1v) is 6.91. The van der Waals surface area contributed by atoms with Crippen molar-refractivity contribution in [2.45, 2.75) is 39.0 Å². The summed E-state index contributed by atoms with van der Waals surface area (Å²) in [6.45, 7) is 8.45. The van der Waals surface area contributed by atoms with E-state index in [1.54, 1.807) is 0 Å². The highest BCUT2D eigenvalue weighted by atomic mass is 16.3. The number of hydrogen-bond acceptors (Lipinski definition) is 5. The largest absolute Gasteiger partial charge is 0.396 e. The molecule has 19 heavy (non-hydrogen) atoms. The minimum Gasteiger partial charge on any atom is -0.396 e. The summed E-state index contributed by atoms with van der Waals surface area (Å²) in [6.07, 6.45) is 1.97. The number of aliphatic hydroxyl groups excluding tert-OH is 1. The number of hydrogen-bond donors (Lipinski definition) is 2. The third-order valence-corrected chi connectivity index (χ3v) is 3.55. The van der Waals surface area contributed by atoms with Gasteiger partial charge in [-0.25, -0.2) is 9.97 Å². The standard InChI is InChI=1S/C14H24N4O/c1-14(2,3)13-16-11(15)8-12(17-13)18-6-4-10(9-18)5-7-19/h8,10,19H,4-7,9H2,1-3H3,(H2,15,16,17). The number of aliphatic hydroxyl groups is 1. The van der Waals surface area contributed by atoms with Gasteiger partial charge in [-0.05, 0) is 18.8 Å². The molecule has 5 heteroatoms. The van der Waals surface area contributed by atoms with Crippen molar-refractivity contribution < 1.29 is 5.11 Å². The van der Waals surface area contributed by atoms with E-state index in [1.165, 1.54) is 0 Å². The van der Waals surface area contributed by atoms with Crippen LogP contribution in [0.15, 0.2) is 6.07 Å². The normalized spacial score (nSPS) is 20.0. The highest BCUT2D eigenvalue weighted by Gasteiger charge is 2.25. The van der Waals surface area contributed by atoms with Crippen molar-refractivity contribution in [3.63, 3.8) is 0 Å². The molecule has 1 saturated heterocycles. The fourth-order valence-corrected chi connectivity index (χ4v) is 2.41. The van der Waals surface area contributed by atoms with Crippen LogP contribution in [0.2, 0.25) is 0 Å². The van der Waals surface area contributed by atoms with Crippen LogP contribution in [0, 0.1) is 5.92 Å². The molecule has 0 aliphatic carbocycles. The van der Waals surface area contributed by atoms with Crippen molar-refractivity contribution in [2.75, 3.05) is 30.3 Å². The Hall–Kier alpha value is -1.36. The second-order valence-corrected chi connectivity index (χ2v) is 6.34. The Morgan fingerprint density at radius 3 is 2.79 bits per heavy atom. The van der Waals surface area contributed by atoms with Crippen molar-refractivity contribution in [3.05, 3.63) is 11.9 Å². The molecule has 5 nitrogen and oxygen atoms in total. The quantitative estimate of drug-likeness (QED) is 0.866. The zero-order valence-electron chi connectivity index (χ0n) is 12.1. The first-order valence-electron chi connectivity index (χ1n) is 6.91. The van der Waals surface area contributed by atoms with Crippen LogP contribution in [0.4, 0.5) is 11.6 Å². The Balaban J connectivity index is 2.19. The van der Waals surface area contributed by atoms with Gasteiger partial charge in [0.2, 0.25) is 0 Å². The molecule has 2 rings (SSSR count). The molecule has 1 unspecified atom stereocenters. The monoisotopic (exact) mass is 264 g/mol. The van der Waals surface area contributed by atoms with E-state index >= 15 is 0 Å². The maximum absolute atomic E-state index is 9.01. The van der Waals surface area contributed by atoms with Crippen molar-refractivity contribution >= 4 is 11.6 Å². The van der Waals surface area contributed by atoms with Gasteiger partial charge in [0.15, 0.2) is 0 Å². The summed E-state index contributed by atoms with van der Waals surface area (Å²) in [5.41, 5.74) is 5.80. The van der Waals surface area contributed by atoms with Gasteiger partial charge in [0.05, 0.1) is 0 Å². The first-order chi connectivity index (χ1) is 8.90. The maximum atomic E-state index is 9.01. The Kier molecular flexibility index (Phi) is 3.94. The predicted octanol–water partition coefficient (Wildman–Crippen LogP) is 1.56. The third-order valence-electron chi connectivity index (χ3n) is 3.55. The van der Waals surface area contributed by atoms with E-state index in [1.807, 2.05) is 6.07 Å². The molecule has 0 aromatic carbocycles. The molecule has 106 valence electrons. The maximum Gasteiger partial charge on any atom is 0.138 e. The zero-order valence-corrected chi connectivity index (χ0v) is 12.1. The Morgan fingerprint density at radius 1 is 1.42 bits per heavy atom. The van der Waals surface area contributed by atoms with E-state index in [-0.39, 0.29) is 12.0 Å². The Labute approximate surface area is 114 Å². The van der Waals surface area contributed by atoms with Crippen LogP contribution in [0.1, 0.15) is 39.4 Å². The smallest absolute Gasteiger partial charge is 0.138 e. The average Bonchev–Trinajstić information content (AvgIpc) is 2.76. The molecule has 1 aliphatic rings. The summed E-state index contributed by atoms with van der Waals surface area (Å²) in [7, 11) is 0. The molecular formula is C14H24N4O. The van der Waals surface area contributed by atoms with Gasteiger partial charge in [-0.1, -0.05) is 20.8 Å². The van der Waals surface area contributed by atoms with Crippen LogP contribution in [-0.4, -0.2) is 34.8 Å². The van der Waals surface area contributed by atoms with Crippen LogP contribution in [0.5, 0.6) is 0 Å². The fraction of sp³-hybridized carbons (Fsp3) is 0.714. The molecule has 1 aliphatic heterocycles. The van der Waals surface area contributed by atoms with Crippen LogP contribution in [0.25, 0.3) is 0 Å². The number of aromatic nitrogens is 2. The molecule has 0 bridgehead atoms. The highest BCUT2D eigenvalue weighted by molar-refractivity contribution is 5.48. The second-order valence-electron chi connectivity index (χ2n) is 6.34. The summed E-state index contributed by atoms with van der Waals surface area (Å²) < 4.78 is 0. The predicted molar refractivity (Wildman–Crippen MR) is 77.2 cm³/mol. The lowest BCUT2D eigenvalue weighted by atomic mass is 9.96. The van der Waals surface area contributed by atoms with Crippen molar-refractivity contribution in [1.82, 2.24) is 9.97 Å². The third kappa shape index (κ3) is 3.35. The molecule has 1 fully saturated rings. The number of nitrogens with zero attached hydrogens (tertiary/aromatic N) is 3. The van der Waals surface area contributed by atoms with Gasteiger partial charge < -0.3 is 15.7 Å². The minimum absolute atomic E-state index is 0.103. The van der Waals surface area contributed by atoms with E-state index in [0.717, 1.165) is 37.6 Å². The molecule has 1 aromatic rings. The molecular weight excluding hydrogens is 240 g/mol. The fourth-order valence-electron chi connectivity index (χ4n) is 2.41. The van der Waals surface area contributed by atoms with E-state index in [2.05, 4.69) is 35.6 Å². The molecule has 0 saturated carbocycles. The SMILES string of the molecule is CC(C)(C)c1nc(N)cc(N2CCC(CCO)C2)n1. The second kappa shape index (κ2) is 5.33. The lowest BCUT2D eigenvalue weighted by Gasteiger charge is -2.22. The van der Waals surface area contributed by atoms with Gasteiger partial charge in [-0.3, -0.25) is 0 Å². The number of rotatable bonds is 3. The van der Waals surface area contributed by atoms with Gasteiger partial charge in [-0.2, -0.15) is 0 Å². The highest BCUT2D eigenvalue weighted by Crippen LogP contribution is 2.27. The van der Waals surface area contributed by atoms with Crippen molar-refractivity contribution in [3.8, 4) is 0 Å². The molecule has 2 heterocycles. The van der Waals surface area contributed by atoms with Crippen molar-refractivity contribution in [2.24, 2.45) is 5.92 Å². The summed E-state index contributed by atoms with van der Waals surface area (Å²) in [5, 5.41) is 9.01. The molecule has 1 aromatic heterocycles. The average molecular weight is 264 g/mol. The van der Waals surface area contributed by atoms with E-state index in [4.69, 9.17) is 10.8 Å². The van der Waals surface area contributed by atoms with Crippen LogP contribution in [0.3, 0.4) is 0 Å². The van der Waals surface area contributed by atoms with Gasteiger partial charge in [-0.15, -0.1) is 0 Å². The Bertz CT molecular complexity index is 442. The topological polar surface area (TPSA) is 75.3 Å². The molecule has 0 spiro atoms. The lowest BCUT2D eigenvalue weighted by molar-refractivity contribution is 0.263. The van der Waals surface area contributed by atoms with Gasteiger partial charge in [0.1, 0.15) is 17.5 Å². The Morgan fingerprint density at radius 2 is 2.16 bits per heavy atom. The molecule has 1 atom stereocenters. The lowest BCUT2D eigenvalue weighted by Crippen LogP contribution is -2.24. The van der Waals surface area contributed by atoms with E-state index in [9.17, 15) is 0 Å². The van der Waals surface area contributed by atoms with Crippen molar-refractivity contribution in [1.29, 1.82) is 0 Å². The molecule has 3 N–H and O–H groups in total. The number of anilines is 2. The minimum atomic E-state index is -0.103. The molecule has 0 amide bonds. The van der Waals surface area contributed by atoms with Crippen LogP contribution in [-0.2, 0) is 5.41 Å². The molecule has 0 radical (unpaired) electrons. The van der Waals surface area contributed by atoms with Crippen LogP contribution >= 0.6 is 0 Å². The summed E-state index contributed by atoms with van der Waals surface area (Å²) in [5.74, 6) is 2.78. The summed E-state index contributed by atoms with van der Waals surface area (Å²) >= 11 is 0. The number of nitrogens with two attached hydrogens (primary N) is 1. The van der Waals surface area contributed by atoms with Crippen LogP contribution < -0.4 is 10.6 Å². The van der Waals surface area contributed by atoms with Gasteiger partial charge in [0, 0.05) is 31.2 Å². The van der Waals surface area contributed by atoms with Gasteiger partial charge in [0.25, 0.3) is 0 Å². The zero-order chi connectivity index (χ0) is 14.0. The van der Waals surface area contributed by atoms with E-state index in [0.29, 0.717) is 11.7 Å². The van der Waals surface area contributed by atoms with E-state index < -0.39 is 0 Å². The first kappa shape index (κ1) is 14.1. The number of nitrogen functional groups attached to an aromatic ring is 1.